The van der Waals surface area contributed by atoms with E-state index in [2.05, 4.69) is 15.1 Å². The zero-order chi connectivity index (χ0) is 19.8. The quantitative estimate of drug-likeness (QED) is 0.588. The van der Waals surface area contributed by atoms with Gasteiger partial charge < -0.3 is 0 Å². The van der Waals surface area contributed by atoms with Crippen molar-refractivity contribution < 1.29 is 4.79 Å². The fraction of sp³-hybridized carbons (Fsp3) is 0.238. The second-order valence-electron chi connectivity index (χ2n) is 7.03. The SMILES string of the molecule is CC(C)C(=O)N1N=C(c2cc(Cl)ccc2Cl)CC1c1ccc2nccnc2c1. The smallest absolute Gasteiger partial charge is 0.245 e. The van der Waals surface area contributed by atoms with Crippen LogP contribution in [0.1, 0.15) is 37.4 Å². The van der Waals surface area contributed by atoms with Crippen molar-refractivity contribution in [1.29, 1.82) is 0 Å². The van der Waals surface area contributed by atoms with Gasteiger partial charge in [0.2, 0.25) is 5.91 Å². The minimum Gasteiger partial charge on any atom is -0.273 e. The first-order valence-electron chi connectivity index (χ1n) is 9.00. The number of fused-ring (bicyclic) bond motifs is 1. The summed E-state index contributed by atoms with van der Waals surface area (Å²) in [6.45, 7) is 3.73. The molecule has 2 aromatic carbocycles. The molecule has 1 unspecified atom stereocenters. The molecular formula is C21H18Cl2N4O. The number of hydrazone groups is 1. The van der Waals surface area contributed by atoms with Crippen LogP contribution in [0.3, 0.4) is 0 Å². The molecule has 0 radical (unpaired) electrons. The Morgan fingerprint density at radius 2 is 1.82 bits per heavy atom. The number of halogens is 2. The van der Waals surface area contributed by atoms with Gasteiger partial charge in [-0.3, -0.25) is 14.8 Å². The summed E-state index contributed by atoms with van der Waals surface area (Å²) in [4.78, 5) is 21.5. The minimum absolute atomic E-state index is 0.0441. The second-order valence-corrected chi connectivity index (χ2v) is 7.88. The molecule has 142 valence electrons. The van der Waals surface area contributed by atoms with Crippen molar-refractivity contribution in [2.24, 2.45) is 11.0 Å². The number of aromatic nitrogens is 2. The van der Waals surface area contributed by atoms with Gasteiger partial charge in [-0.05, 0) is 35.9 Å². The second kappa shape index (κ2) is 7.49. The van der Waals surface area contributed by atoms with Crippen LogP contribution >= 0.6 is 23.2 Å². The van der Waals surface area contributed by atoms with Gasteiger partial charge in [-0.2, -0.15) is 5.10 Å². The lowest BCUT2D eigenvalue weighted by molar-refractivity contribution is -0.136. The number of carbonyl (C=O) groups is 1. The molecule has 3 aromatic rings. The van der Waals surface area contributed by atoms with Crippen molar-refractivity contribution in [3.05, 3.63) is 70.0 Å². The third-order valence-corrected chi connectivity index (χ3v) is 5.31. The van der Waals surface area contributed by atoms with Gasteiger partial charge in [0.1, 0.15) is 0 Å². The van der Waals surface area contributed by atoms with Crippen LogP contribution in [0.2, 0.25) is 10.0 Å². The number of carbonyl (C=O) groups excluding carboxylic acids is 1. The normalized spacial score (nSPS) is 16.7. The van der Waals surface area contributed by atoms with Gasteiger partial charge in [0.05, 0.1) is 22.8 Å². The minimum atomic E-state index is -0.230. The van der Waals surface area contributed by atoms with Crippen molar-refractivity contribution in [3.8, 4) is 0 Å². The van der Waals surface area contributed by atoms with E-state index in [-0.39, 0.29) is 17.9 Å². The van der Waals surface area contributed by atoms with Gasteiger partial charge in [0.15, 0.2) is 0 Å². The number of amides is 1. The molecule has 7 heteroatoms. The van der Waals surface area contributed by atoms with Crippen LogP contribution in [0.25, 0.3) is 11.0 Å². The Bertz CT molecular complexity index is 1100. The van der Waals surface area contributed by atoms with Crippen LogP contribution in [-0.2, 0) is 4.79 Å². The number of rotatable bonds is 3. The molecule has 0 spiro atoms. The summed E-state index contributed by atoms with van der Waals surface area (Å²) >= 11 is 12.5. The molecule has 0 N–H and O–H groups in total. The van der Waals surface area contributed by atoms with E-state index in [0.29, 0.717) is 16.5 Å². The highest BCUT2D eigenvalue weighted by atomic mass is 35.5. The predicted octanol–water partition coefficient (Wildman–Crippen LogP) is 5.27. The average Bonchev–Trinajstić information content (AvgIpc) is 3.13. The summed E-state index contributed by atoms with van der Waals surface area (Å²) in [5.74, 6) is -0.224. The predicted molar refractivity (Wildman–Crippen MR) is 112 cm³/mol. The van der Waals surface area contributed by atoms with Gasteiger partial charge in [-0.25, -0.2) is 5.01 Å². The summed E-state index contributed by atoms with van der Waals surface area (Å²) in [6.07, 6.45) is 3.87. The molecule has 1 aliphatic rings. The number of hydrogen-bond donors (Lipinski definition) is 0. The van der Waals surface area contributed by atoms with Crippen molar-refractivity contribution in [2.45, 2.75) is 26.3 Å². The molecule has 1 aliphatic heterocycles. The maximum absolute atomic E-state index is 12.9. The Morgan fingerprint density at radius 3 is 2.57 bits per heavy atom. The Balaban J connectivity index is 1.77. The van der Waals surface area contributed by atoms with E-state index in [0.717, 1.165) is 27.9 Å². The topological polar surface area (TPSA) is 58.5 Å². The molecule has 4 rings (SSSR count). The Labute approximate surface area is 173 Å². The highest BCUT2D eigenvalue weighted by Gasteiger charge is 2.34. The van der Waals surface area contributed by atoms with Crippen molar-refractivity contribution >= 4 is 45.9 Å². The van der Waals surface area contributed by atoms with Gasteiger partial charge in [0.25, 0.3) is 0 Å². The highest BCUT2D eigenvalue weighted by Crippen LogP contribution is 2.36. The molecule has 28 heavy (non-hydrogen) atoms. The first-order chi connectivity index (χ1) is 13.4. The summed E-state index contributed by atoms with van der Waals surface area (Å²) in [5, 5.41) is 7.34. The molecule has 1 amide bonds. The van der Waals surface area contributed by atoms with Crippen molar-refractivity contribution in [2.75, 3.05) is 0 Å². The summed E-state index contributed by atoms with van der Waals surface area (Å²) in [6, 6.07) is 10.9. The monoisotopic (exact) mass is 412 g/mol. The first kappa shape index (κ1) is 18.8. The largest absolute Gasteiger partial charge is 0.273 e. The number of benzene rings is 2. The van der Waals surface area contributed by atoms with Gasteiger partial charge in [0, 0.05) is 40.3 Å². The summed E-state index contributed by atoms with van der Waals surface area (Å²) in [7, 11) is 0. The Morgan fingerprint density at radius 1 is 1.07 bits per heavy atom. The maximum atomic E-state index is 12.9. The van der Waals surface area contributed by atoms with Crippen LogP contribution in [0.4, 0.5) is 0 Å². The third kappa shape index (κ3) is 3.48. The standard InChI is InChI=1S/C21H18Cl2N4O/c1-12(2)21(28)27-20(13-3-6-17-19(9-13)25-8-7-24-17)11-18(26-27)15-10-14(22)4-5-16(15)23/h3-10,12,20H,11H2,1-2H3. The van der Waals surface area contributed by atoms with E-state index in [1.807, 2.05) is 32.0 Å². The van der Waals surface area contributed by atoms with E-state index >= 15 is 0 Å². The zero-order valence-electron chi connectivity index (χ0n) is 15.4. The van der Waals surface area contributed by atoms with E-state index in [1.54, 1.807) is 35.6 Å². The third-order valence-electron chi connectivity index (χ3n) is 4.75. The average molecular weight is 413 g/mol. The van der Waals surface area contributed by atoms with Gasteiger partial charge >= 0.3 is 0 Å². The molecular weight excluding hydrogens is 395 g/mol. The van der Waals surface area contributed by atoms with Crippen LogP contribution in [0.15, 0.2) is 53.9 Å². The fourth-order valence-corrected chi connectivity index (χ4v) is 3.71. The summed E-state index contributed by atoms with van der Waals surface area (Å²) in [5.41, 5.74) is 4.04. The van der Waals surface area contributed by atoms with Crippen LogP contribution < -0.4 is 0 Å². The lowest BCUT2D eigenvalue weighted by atomic mass is 9.97. The molecule has 0 bridgehead atoms. The Kier molecular flexibility index (Phi) is 5.04. The number of hydrogen-bond acceptors (Lipinski definition) is 4. The fourth-order valence-electron chi connectivity index (χ4n) is 3.31. The molecule has 0 saturated heterocycles. The lowest BCUT2D eigenvalue weighted by Crippen LogP contribution is -2.30. The zero-order valence-corrected chi connectivity index (χ0v) is 16.9. The van der Waals surface area contributed by atoms with Crippen molar-refractivity contribution in [1.82, 2.24) is 15.0 Å². The molecule has 2 heterocycles. The summed E-state index contributed by atoms with van der Waals surface area (Å²) < 4.78 is 0. The highest BCUT2D eigenvalue weighted by molar-refractivity contribution is 6.36. The lowest BCUT2D eigenvalue weighted by Gasteiger charge is -2.23. The molecule has 5 nitrogen and oxygen atoms in total. The maximum Gasteiger partial charge on any atom is 0.245 e. The first-order valence-corrected chi connectivity index (χ1v) is 9.76. The van der Waals surface area contributed by atoms with Gasteiger partial charge in [-0.1, -0.05) is 43.1 Å². The Hall–Kier alpha value is -2.50. The van der Waals surface area contributed by atoms with Crippen LogP contribution in [0, 0.1) is 5.92 Å². The molecule has 1 atom stereocenters. The van der Waals surface area contributed by atoms with E-state index in [1.165, 1.54) is 0 Å². The molecule has 0 aliphatic carbocycles. The molecule has 0 saturated carbocycles. The molecule has 1 aromatic heterocycles. The van der Waals surface area contributed by atoms with E-state index in [4.69, 9.17) is 23.2 Å². The molecule has 0 fully saturated rings. The van der Waals surface area contributed by atoms with Gasteiger partial charge in [-0.15, -0.1) is 0 Å². The number of nitrogens with zero attached hydrogens (tertiary/aromatic N) is 4. The van der Waals surface area contributed by atoms with Crippen molar-refractivity contribution in [3.63, 3.8) is 0 Å². The van der Waals surface area contributed by atoms with Crippen LogP contribution in [0.5, 0.6) is 0 Å². The van der Waals surface area contributed by atoms with E-state index in [9.17, 15) is 4.79 Å². The van der Waals surface area contributed by atoms with Crippen LogP contribution in [-0.4, -0.2) is 26.6 Å². The van der Waals surface area contributed by atoms with E-state index < -0.39 is 0 Å².